The Morgan fingerprint density at radius 1 is 1.18 bits per heavy atom. The summed E-state index contributed by atoms with van der Waals surface area (Å²) in [6.45, 7) is 10.0. The molecule has 3 nitrogen and oxygen atoms in total. The van der Waals surface area contributed by atoms with Gasteiger partial charge in [0.05, 0.1) is 18.8 Å². The van der Waals surface area contributed by atoms with E-state index >= 15 is 0 Å². The zero-order valence-corrected chi connectivity index (χ0v) is 14.2. The van der Waals surface area contributed by atoms with Gasteiger partial charge in [-0.1, -0.05) is 51.1 Å². The van der Waals surface area contributed by atoms with Gasteiger partial charge in [0.15, 0.2) is 0 Å². The van der Waals surface area contributed by atoms with Crippen LogP contribution in [0.2, 0.25) is 0 Å². The number of piperidine rings is 1. The van der Waals surface area contributed by atoms with Crippen LogP contribution in [0.4, 0.5) is 0 Å². The number of ether oxygens (including phenoxy) is 1. The summed E-state index contributed by atoms with van der Waals surface area (Å²) in [7, 11) is 0. The molecule has 22 heavy (non-hydrogen) atoms. The molecule has 0 spiro atoms. The summed E-state index contributed by atoms with van der Waals surface area (Å²) in [6, 6.07) is 10.3. The fourth-order valence-corrected chi connectivity index (χ4v) is 3.64. The Kier molecular flexibility index (Phi) is 6.87. The highest BCUT2D eigenvalue weighted by atomic mass is 16.5. The largest absolute Gasteiger partial charge is 0.389 e. The maximum absolute atomic E-state index is 10.3. The number of hydrogen-bond acceptors (Lipinski definition) is 3. The van der Waals surface area contributed by atoms with Gasteiger partial charge in [-0.05, 0) is 30.2 Å². The first-order valence-corrected chi connectivity index (χ1v) is 8.65. The van der Waals surface area contributed by atoms with E-state index in [4.69, 9.17) is 4.74 Å². The second-order valence-corrected chi connectivity index (χ2v) is 6.96. The SMILES string of the molecule is CCC(OCC(O)CN1CC(C)CC(C)C1)c1ccccc1. The third kappa shape index (κ3) is 5.38. The maximum Gasteiger partial charge on any atom is 0.0900 e. The fraction of sp³-hybridized carbons (Fsp3) is 0.684. The van der Waals surface area contributed by atoms with E-state index in [9.17, 15) is 5.11 Å². The summed E-state index contributed by atoms with van der Waals surface area (Å²) < 4.78 is 5.96. The number of aliphatic hydroxyl groups excluding tert-OH is 1. The number of nitrogens with zero attached hydrogens (tertiary/aromatic N) is 1. The van der Waals surface area contributed by atoms with Crippen LogP contribution in [-0.2, 0) is 4.74 Å². The molecule has 1 aromatic rings. The van der Waals surface area contributed by atoms with Gasteiger partial charge in [0.2, 0.25) is 0 Å². The first-order valence-electron chi connectivity index (χ1n) is 8.65. The Labute approximate surface area is 135 Å². The number of β-amino-alcohol motifs (C(OH)–C–C–N with tert-alkyl or cyclic N) is 1. The van der Waals surface area contributed by atoms with Gasteiger partial charge in [0.1, 0.15) is 0 Å². The lowest BCUT2D eigenvalue weighted by Crippen LogP contribution is -2.43. The minimum Gasteiger partial charge on any atom is -0.389 e. The number of hydrogen-bond donors (Lipinski definition) is 1. The van der Waals surface area contributed by atoms with E-state index in [1.807, 2.05) is 18.2 Å². The molecule has 0 bridgehead atoms. The lowest BCUT2D eigenvalue weighted by atomic mass is 9.92. The van der Waals surface area contributed by atoms with E-state index in [1.54, 1.807) is 0 Å². The van der Waals surface area contributed by atoms with Gasteiger partial charge in [0.25, 0.3) is 0 Å². The Morgan fingerprint density at radius 2 is 1.82 bits per heavy atom. The standard InChI is InChI=1S/C19H31NO2/c1-4-19(17-8-6-5-7-9-17)22-14-18(21)13-20-11-15(2)10-16(3)12-20/h5-9,15-16,18-19,21H,4,10-14H2,1-3H3. The fourth-order valence-electron chi connectivity index (χ4n) is 3.64. The van der Waals surface area contributed by atoms with Crippen molar-refractivity contribution in [2.24, 2.45) is 11.8 Å². The molecule has 1 heterocycles. The van der Waals surface area contributed by atoms with Gasteiger partial charge in [-0.15, -0.1) is 0 Å². The second-order valence-electron chi connectivity index (χ2n) is 6.96. The van der Waals surface area contributed by atoms with Gasteiger partial charge >= 0.3 is 0 Å². The average molecular weight is 305 g/mol. The summed E-state index contributed by atoms with van der Waals surface area (Å²) in [4.78, 5) is 2.39. The van der Waals surface area contributed by atoms with Crippen molar-refractivity contribution in [1.82, 2.24) is 4.90 Å². The van der Waals surface area contributed by atoms with E-state index in [0.717, 1.165) is 37.9 Å². The van der Waals surface area contributed by atoms with Crippen LogP contribution in [0.1, 0.15) is 45.3 Å². The number of aliphatic hydroxyl groups is 1. The van der Waals surface area contributed by atoms with E-state index in [1.165, 1.54) is 12.0 Å². The van der Waals surface area contributed by atoms with E-state index < -0.39 is 6.10 Å². The topological polar surface area (TPSA) is 32.7 Å². The Morgan fingerprint density at radius 3 is 2.41 bits per heavy atom. The molecule has 4 atom stereocenters. The van der Waals surface area contributed by atoms with Gasteiger partial charge in [-0.25, -0.2) is 0 Å². The van der Waals surface area contributed by atoms with E-state index in [0.29, 0.717) is 6.61 Å². The van der Waals surface area contributed by atoms with Crippen LogP contribution in [0, 0.1) is 11.8 Å². The third-order valence-corrected chi connectivity index (χ3v) is 4.45. The zero-order valence-electron chi connectivity index (χ0n) is 14.2. The highest BCUT2D eigenvalue weighted by Crippen LogP contribution is 2.22. The predicted octanol–water partition coefficient (Wildman–Crippen LogP) is 3.49. The van der Waals surface area contributed by atoms with Crippen molar-refractivity contribution in [2.45, 2.75) is 45.8 Å². The molecule has 1 saturated heterocycles. The van der Waals surface area contributed by atoms with Crippen molar-refractivity contribution in [3.63, 3.8) is 0 Å². The zero-order chi connectivity index (χ0) is 15.9. The molecule has 1 aliphatic heterocycles. The molecule has 0 amide bonds. The number of rotatable bonds is 7. The third-order valence-electron chi connectivity index (χ3n) is 4.45. The predicted molar refractivity (Wildman–Crippen MR) is 90.8 cm³/mol. The molecule has 1 fully saturated rings. The molecular formula is C19H31NO2. The molecule has 124 valence electrons. The Balaban J connectivity index is 1.78. The molecule has 0 saturated carbocycles. The molecular weight excluding hydrogens is 274 g/mol. The summed E-state index contributed by atoms with van der Waals surface area (Å²) >= 11 is 0. The molecule has 0 aliphatic carbocycles. The van der Waals surface area contributed by atoms with Crippen molar-refractivity contribution >= 4 is 0 Å². The first-order chi connectivity index (χ1) is 10.6. The van der Waals surface area contributed by atoms with Crippen LogP contribution in [-0.4, -0.2) is 42.4 Å². The van der Waals surface area contributed by atoms with Gasteiger partial charge in [-0.3, -0.25) is 0 Å². The monoisotopic (exact) mass is 305 g/mol. The van der Waals surface area contributed by atoms with Crippen LogP contribution >= 0.6 is 0 Å². The average Bonchev–Trinajstić information content (AvgIpc) is 2.48. The smallest absolute Gasteiger partial charge is 0.0900 e. The van der Waals surface area contributed by atoms with Crippen LogP contribution in [0.15, 0.2) is 30.3 Å². The normalized spacial score (nSPS) is 25.8. The Hall–Kier alpha value is -0.900. The number of benzene rings is 1. The summed E-state index contributed by atoms with van der Waals surface area (Å²) in [5.74, 6) is 1.45. The van der Waals surface area contributed by atoms with E-state index in [-0.39, 0.29) is 6.10 Å². The lowest BCUT2D eigenvalue weighted by Gasteiger charge is -2.36. The molecule has 4 unspecified atom stereocenters. The first kappa shape index (κ1) is 17.5. The van der Waals surface area contributed by atoms with Crippen LogP contribution in [0.3, 0.4) is 0 Å². The summed E-state index contributed by atoms with van der Waals surface area (Å²) in [5, 5.41) is 10.3. The number of likely N-dealkylation sites (tertiary alicyclic amines) is 1. The molecule has 2 rings (SSSR count). The maximum atomic E-state index is 10.3. The van der Waals surface area contributed by atoms with Crippen LogP contribution < -0.4 is 0 Å². The van der Waals surface area contributed by atoms with Crippen molar-refractivity contribution in [3.05, 3.63) is 35.9 Å². The van der Waals surface area contributed by atoms with Crippen LogP contribution in [0.5, 0.6) is 0 Å². The second kappa shape index (κ2) is 8.66. The van der Waals surface area contributed by atoms with Gasteiger partial charge in [-0.2, -0.15) is 0 Å². The van der Waals surface area contributed by atoms with Crippen LogP contribution in [0.25, 0.3) is 0 Å². The molecule has 1 aromatic carbocycles. The van der Waals surface area contributed by atoms with Crippen molar-refractivity contribution in [2.75, 3.05) is 26.2 Å². The van der Waals surface area contributed by atoms with E-state index in [2.05, 4.69) is 37.8 Å². The molecule has 0 radical (unpaired) electrons. The molecule has 1 N–H and O–H groups in total. The summed E-state index contributed by atoms with van der Waals surface area (Å²) in [5.41, 5.74) is 1.19. The molecule has 3 heteroatoms. The lowest BCUT2D eigenvalue weighted by molar-refractivity contribution is -0.0297. The highest BCUT2D eigenvalue weighted by Gasteiger charge is 2.23. The molecule has 1 aliphatic rings. The van der Waals surface area contributed by atoms with Crippen molar-refractivity contribution < 1.29 is 9.84 Å². The van der Waals surface area contributed by atoms with Crippen molar-refractivity contribution in [1.29, 1.82) is 0 Å². The summed E-state index contributed by atoms with van der Waals surface area (Å²) in [6.07, 6.45) is 1.90. The quantitative estimate of drug-likeness (QED) is 0.837. The highest BCUT2D eigenvalue weighted by molar-refractivity contribution is 5.17. The van der Waals surface area contributed by atoms with Gasteiger partial charge in [0, 0.05) is 19.6 Å². The minimum atomic E-state index is -0.407. The van der Waals surface area contributed by atoms with Gasteiger partial charge < -0.3 is 14.7 Å². The van der Waals surface area contributed by atoms with Crippen molar-refractivity contribution in [3.8, 4) is 0 Å². The molecule has 0 aromatic heterocycles. The minimum absolute atomic E-state index is 0.0788. The Bertz CT molecular complexity index is 413.